The van der Waals surface area contributed by atoms with Gasteiger partial charge in [0.15, 0.2) is 35.0 Å². The Balaban J connectivity index is 1.63. The molecule has 5 atom stereocenters. The van der Waals surface area contributed by atoms with Crippen LogP contribution in [0, 0.1) is 0 Å². The zero-order valence-electron chi connectivity index (χ0n) is 18.6. The fourth-order valence-corrected chi connectivity index (χ4v) is 3.51. The number of carbonyl (C=O) groups is 3. The Morgan fingerprint density at radius 1 is 1.17 bits per heavy atom. The molecule has 0 bridgehead atoms. The highest BCUT2D eigenvalue weighted by molar-refractivity contribution is 7.80. The number of imidazole rings is 1. The van der Waals surface area contributed by atoms with Crippen LogP contribution in [0.25, 0.3) is 11.2 Å². The molecule has 16 nitrogen and oxygen atoms in total. The van der Waals surface area contributed by atoms with Crippen molar-refractivity contribution in [1.82, 2.24) is 35.7 Å². The molecule has 0 spiro atoms. The van der Waals surface area contributed by atoms with Gasteiger partial charge in [0.05, 0.1) is 12.9 Å². The highest BCUT2D eigenvalue weighted by Crippen LogP contribution is 2.25. The van der Waals surface area contributed by atoms with Crippen molar-refractivity contribution in [3.63, 3.8) is 0 Å². The Morgan fingerprint density at radius 2 is 1.86 bits per heavy atom. The molecular weight excluding hydrogens is 488 g/mol. The average Bonchev–Trinajstić information content (AvgIpc) is 3.20. The molecule has 1 fully saturated rings. The van der Waals surface area contributed by atoms with Crippen molar-refractivity contribution >= 4 is 52.2 Å². The lowest BCUT2D eigenvalue weighted by atomic mass is 9.97. The first-order chi connectivity index (χ1) is 16.6. The minimum Gasteiger partial charge on any atom is -0.456 e. The number of carbonyl (C=O) groups excluding carboxylic acids is 3. The van der Waals surface area contributed by atoms with Crippen LogP contribution in [0.2, 0.25) is 0 Å². The molecule has 1 aliphatic rings. The van der Waals surface area contributed by atoms with Gasteiger partial charge in [-0.2, -0.15) is 0 Å². The largest absolute Gasteiger partial charge is 0.456 e. The molecule has 1 aliphatic heterocycles. The van der Waals surface area contributed by atoms with E-state index in [9.17, 15) is 24.6 Å². The molecule has 1 saturated heterocycles. The van der Waals surface area contributed by atoms with Crippen molar-refractivity contribution in [2.75, 3.05) is 12.3 Å². The third-order valence-electron chi connectivity index (χ3n) is 4.78. The summed E-state index contributed by atoms with van der Waals surface area (Å²) in [5.41, 5.74) is 11.2. The van der Waals surface area contributed by atoms with Crippen molar-refractivity contribution in [2.45, 2.75) is 51.0 Å². The van der Waals surface area contributed by atoms with Gasteiger partial charge in [-0.15, -0.1) is 0 Å². The summed E-state index contributed by atoms with van der Waals surface area (Å²) >= 11 is 5.15. The summed E-state index contributed by atoms with van der Waals surface area (Å²) in [5.74, 6) is -1.86. The van der Waals surface area contributed by atoms with Gasteiger partial charge in [0, 0.05) is 13.8 Å². The van der Waals surface area contributed by atoms with Gasteiger partial charge in [0.1, 0.15) is 30.6 Å². The average molecular weight is 513 g/mol. The van der Waals surface area contributed by atoms with Crippen molar-refractivity contribution < 1.29 is 38.8 Å². The second-order valence-electron chi connectivity index (χ2n) is 7.37. The van der Waals surface area contributed by atoms with Gasteiger partial charge in [-0.05, 0) is 12.2 Å². The molecule has 190 valence electrons. The number of rotatable bonds is 6. The van der Waals surface area contributed by atoms with E-state index in [1.54, 1.807) is 0 Å². The number of ether oxygens (including phenoxy) is 3. The molecule has 0 aromatic carbocycles. The number of anilines is 1. The Labute approximate surface area is 203 Å². The number of thiocarbonyl (C=S) groups is 1. The number of nitrogens with one attached hydrogen (secondary N) is 3. The Morgan fingerprint density at radius 3 is 2.51 bits per heavy atom. The van der Waals surface area contributed by atoms with Gasteiger partial charge >= 0.3 is 11.9 Å². The van der Waals surface area contributed by atoms with Gasteiger partial charge in [-0.1, -0.05) is 0 Å². The minimum absolute atomic E-state index is 0.169. The quantitative estimate of drug-likeness (QED) is 0.128. The number of nitrogens with zero attached hydrogens (tertiary/aromatic N) is 4. The van der Waals surface area contributed by atoms with Crippen LogP contribution < -0.4 is 21.9 Å². The number of aliphatic hydroxyl groups excluding tert-OH is 2. The zero-order valence-corrected chi connectivity index (χ0v) is 19.4. The van der Waals surface area contributed by atoms with E-state index >= 15 is 0 Å². The predicted octanol–water partition coefficient (Wildman–Crippen LogP) is -3.15. The molecule has 0 unspecified atom stereocenters. The summed E-state index contributed by atoms with van der Waals surface area (Å²) in [6.07, 6.45) is -4.00. The lowest BCUT2D eigenvalue weighted by Gasteiger charge is -2.43. The standard InChI is InChI=1S/C18H24N8O8S/c1-7(28)32-13-12(31)9(4-27)34-17(14(13)33-8(2)29)23-18(35)25-24-10(30)3-26-6-22-11-15(19)20-5-21-16(11)26/h5-6,9,12-14,17,27,31H,3-4H2,1-2H3,(H,24,30)(H2,19,20,21)(H2,23,25,35)/t9-,12+,13+,14-,17-/m1/s1. The Kier molecular flexibility index (Phi) is 8.28. The van der Waals surface area contributed by atoms with E-state index in [-0.39, 0.29) is 17.5 Å². The monoisotopic (exact) mass is 512 g/mol. The van der Waals surface area contributed by atoms with E-state index in [1.165, 1.54) is 17.2 Å². The van der Waals surface area contributed by atoms with Crippen LogP contribution in [0.5, 0.6) is 0 Å². The third-order valence-corrected chi connectivity index (χ3v) is 5.00. The molecule has 0 saturated carbocycles. The van der Waals surface area contributed by atoms with Crippen LogP contribution >= 0.6 is 12.2 Å². The van der Waals surface area contributed by atoms with Crippen LogP contribution in [0.15, 0.2) is 12.7 Å². The van der Waals surface area contributed by atoms with Gasteiger partial charge in [0.2, 0.25) is 0 Å². The molecule has 1 amide bonds. The maximum absolute atomic E-state index is 12.4. The maximum atomic E-state index is 12.4. The second kappa shape index (κ2) is 11.2. The molecular formula is C18H24N8O8S. The van der Waals surface area contributed by atoms with Crippen molar-refractivity contribution in [2.24, 2.45) is 0 Å². The van der Waals surface area contributed by atoms with Crippen LogP contribution in [0.1, 0.15) is 13.8 Å². The van der Waals surface area contributed by atoms with Crippen LogP contribution in [-0.4, -0.2) is 89.9 Å². The second-order valence-corrected chi connectivity index (χ2v) is 7.77. The Hall–Kier alpha value is -3.67. The van der Waals surface area contributed by atoms with Gasteiger partial charge < -0.3 is 40.0 Å². The van der Waals surface area contributed by atoms with E-state index in [0.717, 1.165) is 13.8 Å². The molecule has 3 rings (SSSR count). The fraction of sp³-hybridized carbons (Fsp3) is 0.500. The lowest BCUT2D eigenvalue weighted by Crippen LogP contribution is -2.66. The lowest BCUT2D eigenvalue weighted by molar-refractivity contribution is -0.248. The number of hydrogen-bond acceptors (Lipinski definition) is 13. The highest BCUT2D eigenvalue weighted by Gasteiger charge is 2.49. The van der Waals surface area contributed by atoms with Crippen molar-refractivity contribution in [3.05, 3.63) is 12.7 Å². The molecule has 35 heavy (non-hydrogen) atoms. The highest BCUT2D eigenvalue weighted by atomic mass is 32.1. The van der Waals surface area contributed by atoms with E-state index in [4.69, 9.17) is 32.2 Å². The zero-order chi connectivity index (χ0) is 25.7. The molecule has 0 radical (unpaired) electrons. The first-order valence-electron chi connectivity index (χ1n) is 10.2. The summed E-state index contributed by atoms with van der Waals surface area (Å²) < 4.78 is 17.3. The smallest absolute Gasteiger partial charge is 0.303 e. The minimum atomic E-state index is -1.49. The summed E-state index contributed by atoms with van der Waals surface area (Å²) in [6, 6.07) is 0. The number of nitrogen functional groups attached to an aromatic ring is 1. The summed E-state index contributed by atoms with van der Waals surface area (Å²) in [4.78, 5) is 47.4. The van der Waals surface area contributed by atoms with E-state index in [0.29, 0.717) is 11.2 Å². The summed E-state index contributed by atoms with van der Waals surface area (Å²) in [5, 5.41) is 22.4. The summed E-state index contributed by atoms with van der Waals surface area (Å²) in [7, 11) is 0. The normalized spacial score (nSPS) is 23.8. The molecule has 17 heteroatoms. The topological polar surface area (TPSA) is 225 Å². The fourth-order valence-electron chi connectivity index (χ4n) is 3.34. The number of aliphatic hydroxyl groups is 2. The van der Waals surface area contributed by atoms with Crippen molar-refractivity contribution in [3.8, 4) is 0 Å². The summed E-state index contributed by atoms with van der Waals surface area (Å²) in [6.45, 7) is 1.40. The van der Waals surface area contributed by atoms with Crippen molar-refractivity contribution in [1.29, 1.82) is 0 Å². The molecule has 3 heterocycles. The predicted molar refractivity (Wildman–Crippen MR) is 120 cm³/mol. The number of esters is 2. The van der Waals surface area contributed by atoms with Crippen LogP contribution in [-0.2, 0) is 35.1 Å². The van der Waals surface area contributed by atoms with E-state index in [1.807, 2.05) is 0 Å². The van der Waals surface area contributed by atoms with Gasteiger partial charge in [-0.3, -0.25) is 25.2 Å². The number of hydrogen-bond donors (Lipinski definition) is 6. The molecule has 2 aromatic heterocycles. The SMILES string of the molecule is CC(=O)O[C@@H]1[C@@H](OC(C)=O)[C@@H](O)[C@@H](CO)O[C@H]1NC(=S)NNC(=O)Cn1cnc2c(N)ncnc21. The maximum Gasteiger partial charge on any atom is 0.303 e. The molecule has 7 N–H and O–H groups in total. The molecule has 2 aromatic rings. The number of amides is 1. The first-order valence-corrected chi connectivity index (χ1v) is 10.6. The number of hydrazine groups is 1. The first kappa shape index (κ1) is 25.9. The van der Waals surface area contributed by atoms with Gasteiger partial charge in [0.25, 0.3) is 5.91 Å². The van der Waals surface area contributed by atoms with Crippen LogP contribution in [0.3, 0.4) is 0 Å². The van der Waals surface area contributed by atoms with E-state index < -0.39 is 55.1 Å². The number of fused-ring (bicyclic) bond motifs is 1. The van der Waals surface area contributed by atoms with E-state index in [2.05, 4.69) is 31.1 Å². The number of aromatic nitrogens is 4. The third kappa shape index (κ3) is 6.27. The molecule has 0 aliphatic carbocycles. The van der Waals surface area contributed by atoms with Crippen LogP contribution in [0.4, 0.5) is 5.82 Å². The number of nitrogens with two attached hydrogens (primary N) is 1. The van der Waals surface area contributed by atoms with Gasteiger partial charge in [-0.25, -0.2) is 15.0 Å². The Bertz CT molecular complexity index is 1110.